The topological polar surface area (TPSA) is 32.3 Å². The molecule has 0 aliphatic heterocycles. The molecule has 0 aliphatic carbocycles. The first-order valence-electron chi connectivity index (χ1n) is 3.85. The van der Waals surface area contributed by atoms with E-state index in [-0.39, 0.29) is 5.41 Å². The van der Waals surface area contributed by atoms with E-state index in [0.29, 0.717) is 12.5 Å². The Kier molecular flexibility index (Phi) is 3.91. The van der Waals surface area contributed by atoms with Crippen LogP contribution in [-0.2, 0) is 0 Å². The molecule has 0 aromatic heterocycles. The van der Waals surface area contributed by atoms with Crippen LogP contribution in [0.1, 0.15) is 34.1 Å². The zero-order valence-corrected chi connectivity index (χ0v) is 7.44. The van der Waals surface area contributed by atoms with Crippen LogP contribution in [0.4, 0.5) is 0 Å². The Balaban J connectivity index is 3.63. The number of hydroxylamine groups is 1. The van der Waals surface area contributed by atoms with Gasteiger partial charge < -0.3 is 5.21 Å². The van der Waals surface area contributed by atoms with Crippen molar-refractivity contribution in [2.45, 2.75) is 34.1 Å². The lowest BCUT2D eigenvalue weighted by molar-refractivity contribution is 0.114. The lowest BCUT2D eigenvalue weighted by Gasteiger charge is -2.25. The molecule has 0 heterocycles. The first-order chi connectivity index (χ1) is 4.48. The van der Waals surface area contributed by atoms with Gasteiger partial charge in [0.2, 0.25) is 0 Å². The van der Waals surface area contributed by atoms with Crippen LogP contribution in [0.2, 0.25) is 0 Å². The quantitative estimate of drug-likeness (QED) is 0.593. The minimum atomic E-state index is 0.211. The molecule has 2 nitrogen and oxygen atoms in total. The van der Waals surface area contributed by atoms with E-state index in [9.17, 15) is 0 Å². The van der Waals surface area contributed by atoms with Gasteiger partial charge in [-0.05, 0) is 17.8 Å². The van der Waals surface area contributed by atoms with Crippen molar-refractivity contribution in [2.24, 2.45) is 11.3 Å². The van der Waals surface area contributed by atoms with Gasteiger partial charge in [0.1, 0.15) is 0 Å². The van der Waals surface area contributed by atoms with Gasteiger partial charge in [-0.15, -0.1) is 0 Å². The monoisotopic (exact) mass is 145 g/mol. The van der Waals surface area contributed by atoms with E-state index in [4.69, 9.17) is 5.21 Å². The van der Waals surface area contributed by atoms with E-state index in [2.05, 4.69) is 33.2 Å². The molecule has 0 saturated carbocycles. The largest absolute Gasteiger partial charge is 0.317 e. The van der Waals surface area contributed by atoms with Gasteiger partial charge in [-0.1, -0.05) is 27.7 Å². The summed E-state index contributed by atoms with van der Waals surface area (Å²) in [4.78, 5) is 0. The van der Waals surface area contributed by atoms with Crippen molar-refractivity contribution in [2.75, 3.05) is 6.54 Å². The Labute approximate surface area is 63.6 Å². The summed E-state index contributed by atoms with van der Waals surface area (Å²) in [5, 5.41) is 8.46. The third-order valence-electron chi connectivity index (χ3n) is 1.52. The molecule has 2 heteroatoms. The van der Waals surface area contributed by atoms with Crippen LogP contribution in [0, 0.1) is 11.3 Å². The normalized spacial score (nSPS) is 12.6. The minimum absolute atomic E-state index is 0.211. The van der Waals surface area contributed by atoms with Crippen LogP contribution in [0.15, 0.2) is 0 Å². The maximum Gasteiger partial charge on any atom is 0.0258 e. The average molecular weight is 145 g/mol. The molecule has 0 spiro atoms. The van der Waals surface area contributed by atoms with Gasteiger partial charge in [-0.25, -0.2) is 5.48 Å². The van der Waals surface area contributed by atoms with Crippen molar-refractivity contribution < 1.29 is 5.21 Å². The van der Waals surface area contributed by atoms with E-state index < -0.39 is 0 Å². The first kappa shape index (κ1) is 9.92. The van der Waals surface area contributed by atoms with E-state index in [1.54, 1.807) is 0 Å². The van der Waals surface area contributed by atoms with Crippen molar-refractivity contribution >= 4 is 0 Å². The van der Waals surface area contributed by atoms with E-state index in [0.717, 1.165) is 6.42 Å². The standard InChI is InChI=1S/C8H19NO/c1-7(2)5-8(3,4)6-9-10/h7,9-10H,5-6H2,1-4H3. The first-order valence-corrected chi connectivity index (χ1v) is 3.85. The predicted octanol–water partition coefficient (Wildman–Crippen LogP) is 2.04. The summed E-state index contributed by atoms with van der Waals surface area (Å²) in [5.74, 6) is 0.698. The van der Waals surface area contributed by atoms with Crippen molar-refractivity contribution in [1.29, 1.82) is 0 Å². The van der Waals surface area contributed by atoms with Gasteiger partial charge in [0.15, 0.2) is 0 Å². The van der Waals surface area contributed by atoms with Gasteiger partial charge in [-0.3, -0.25) is 0 Å². The Morgan fingerprint density at radius 2 is 1.90 bits per heavy atom. The van der Waals surface area contributed by atoms with Crippen LogP contribution in [0.25, 0.3) is 0 Å². The highest BCUT2D eigenvalue weighted by atomic mass is 16.5. The lowest BCUT2D eigenvalue weighted by Crippen LogP contribution is -2.28. The Bertz CT molecular complexity index is 89.3. The predicted molar refractivity (Wildman–Crippen MR) is 43.0 cm³/mol. The fraction of sp³-hybridized carbons (Fsp3) is 1.00. The number of rotatable bonds is 4. The van der Waals surface area contributed by atoms with Crippen molar-refractivity contribution in [3.8, 4) is 0 Å². The Morgan fingerprint density at radius 3 is 2.20 bits per heavy atom. The summed E-state index contributed by atoms with van der Waals surface area (Å²) in [6, 6.07) is 0. The number of nitrogens with one attached hydrogen (secondary N) is 1. The third-order valence-corrected chi connectivity index (χ3v) is 1.52. The van der Waals surface area contributed by atoms with Crippen LogP contribution in [0.5, 0.6) is 0 Å². The second-order valence-corrected chi connectivity index (χ2v) is 4.10. The zero-order valence-electron chi connectivity index (χ0n) is 7.44. The summed E-state index contributed by atoms with van der Waals surface area (Å²) in [6.07, 6.45) is 1.14. The average Bonchev–Trinajstić information content (AvgIpc) is 1.59. The van der Waals surface area contributed by atoms with Gasteiger partial charge in [0.05, 0.1) is 0 Å². The molecule has 0 radical (unpaired) electrons. The SMILES string of the molecule is CC(C)CC(C)(C)CNO. The van der Waals surface area contributed by atoms with Gasteiger partial charge in [-0.2, -0.15) is 0 Å². The molecule has 0 bridgehead atoms. The van der Waals surface area contributed by atoms with Crippen LogP contribution in [0.3, 0.4) is 0 Å². The zero-order chi connectivity index (χ0) is 8.20. The number of hydrogen-bond donors (Lipinski definition) is 2. The highest BCUT2D eigenvalue weighted by molar-refractivity contribution is 4.70. The molecule has 0 atom stereocenters. The van der Waals surface area contributed by atoms with E-state index >= 15 is 0 Å². The summed E-state index contributed by atoms with van der Waals surface area (Å²) < 4.78 is 0. The smallest absolute Gasteiger partial charge is 0.0258 e. The molecular weight excluding hydrogens is 126 g/mol. The summed E-state index contributed by atoms with van der Waals surface area (Å²) in [5.41, 5.74) is 2.42. The van der Waals surface area contributed by atoms with E-state index in [1.807, 2.05) is 0 Å². The molecule has 0 amide bonds. The van der Waals surface area contributed by atoms with Gasteiger partial charge in [0.25, 0.3) is 0 Å². The summed E-state index contributed by atoms with van der Waals surface area (Å²) >= 11 is 0. The molecule has 0 aliphatic rings. The maximum atomic E-state index is 8.46. The Morgan fingerprint density at radius 1 is 1.40 bits per heavy atom. The van der Waals surface area contributed by atoms with Crippen molar-refractivity contribution in [1.82, 2.24) is 5.48 Å². The molecular formula is C8H19NO. The fourth-order valence-corrected chi connectivity index (χ4v) is 1.39. The van der Waals surface area contributed by atoms with Crippen molar-refractivity contribution in [3.63, 3.8) is 0 Å². The molecule has 0 unspecified atom stereocenters. The van der Waals surface area contributed by atoms with Gasteiger partial charge >= 0.3 is 0 Å². The van der Waals surface area contributed by atoms with Crippen molar-refractivity contribution in [3.05, 3.63) is 0 Å². The summed E-state index contributed by atoms with van der Waals surface area (Å²) in [7, 11) is 0. The molecule has 0 aromatic carbocycles. The van der Waals surface area contributed by atoms with Crippen LogP contribution >= 0.6 is 0 Å². The fourth-order valence-electron chi connectivity index (χ4n) is 1.39. The molecule has 0 aromatic rings. The van der Waals surface area contributed by atoms with Crippen LogP contribution < -0.4 is 5.48 Å². The van der Waals surface area contributed by atoms with Crippen LogP contribution in [-0.4, -0.2) is 11.8 Å². The molecule has 0 fully saturated rings. The molecule has 0 saturated heterocycles. The minimum Gasteiger partial charge on any atom is -0.317 e. The maximum absolute atomic E-state index is 8.46. The van der Waals surface area contributed by atoms with Gasteiger partial charge in [0, 0.05) is 6.54 Å². The summed E-state index contributed by atoms with van der Waals surface area (Å²) in [6.45, 7) is 9.36. The lowest BCUT2D eigenvalue weighted by atomic mass is 9.84. The highest BCUT2D eigenvalue weighted by Crippen LogP contribution is 2.23. The second kappa shape index (κ2) is 3.94. The third kappa shape index (κ3) is 4.77. The highest BCUT2D eigenvalue weighted by Gasteiger charge is 2.18. The van der Waals surface area contributed by atoms with E-state index in [1.165, 1.54) is 0 Å². The molecule has 2 N–H and O–H groups in total. The Hall–Kier alpha value is -0.0800. The molecule has 0 rings (SSSR count). The number of hydrogen-bond acceptors (Lipinski definition) is 2. The molecule has 10 heavy (non-hydrogen) atoms. The second-order valence-electron chi connectivity index (χ2n) is 4.10. The molecule has 62 valence electrons.